The first-order valence-corrected chi connectivity index (χ1v) is 4.77. The molecule has 1 unspecified atom stereocenters. The van der Waals surface area contributed by atoms with Crippen molar-refractivity contribution in [1.29, 1.82) is 0 Å². The van der Waals surface area contributed by atoms with Gasteiger partial charge in [0.2, 0.25) is 0 Å². The summed E-state index contributed by atoms with van der Waals surface area (Å²) in [6.45, 7) is 1.48. The molecule has 0 amide bonds. The van der Waals surface area contributed by atoms with Crippen LogP contribution < -0.4 is 0 Å². The van der Waals surface area contributed by atoms with Crippen molar-refractivity contribution in [3.63, 3.8) is 0 Å². The second-order valence-electron chi connectivity index (χ2n) is 2.35. The van der Waals surface area contributed by atoms with Gasteiger partial charge in [0.15, 0.2) is 0 Å². The minimum atomic E-state index is 0.500. The van der Waals surface area contributed by atoms with Gasteiger partial charge in [-0.3, -0.25) is 0 Å². The fraction of sp³-hybridized carbons (Fsp3) is 1.00. The first-order chi connectivity index (χ1) is 4.93. The minimum absolute atomic E-state index is 0.500. The van der Waals surface area contributed by atoms with E-state index in [-0.39, 0.29) is 0 Å². The Morgan fingerprint density at radius 2 is 2.40 bits per heavy atom. The van der Waals surface area contributed by atoms with Crippen LogP contribution >= 0.6 is 11.8 Å². The monoisotopic (exact) mass is 162 g/mol. The molecule has 1 fully saturated rings. The highest BCUT2D eigenvalue weighted by Crippen LogP contribution is 2.19. The fourth-order valence-electron chi connectivity index (χ4n) is 0.942. The number of methoxy groups -OCH3 is 1. The van der Waals surface area contributed by atoms with E-state index >= 15 is 0 Å². The summed E-state index contributed by atoms with van der Waals surface area (Å²) in [7, 11) is 1.70. The maximum absolute atomic E-state index is 5.50. The summed E-state index contributed by atoms with van der Waals surface area (Å²) in [5.41, 5.74) is 0. The number of ether oxygens (including phenoxy) is 2. The minimum Gasteiger partial charge on any atom is -0.382 e. The molecule has 0 aromatic carbocycles. The lowest BCUT2D eigenvalue weighted by Gasteiger charge is -2.08. The van der Waals surface area contributed by atoms with Crippen molar-refractivity contribution in [3.05, 3.63) is 0 Å². The normalized spacial score (nSPS) is 25.5. The van der Waals surface area contributed by atoms with Gasteiger partial charge in [-0.15, -0.1) is 0 Å². The van der Waals surface area contributed by atoms with Gasteiger partial charge in [-0.1, -0.05) is 0 Å². The Hall–Kier alpha value is 0.270. The van der Waals surface area contributed by atoms with E-state index in [1.54, 1.807) is 7.11 Å². The zero-order chi connectivity index (χ0) is 7.23. The Balaban J connectivity index is 1.91. The molecule has 0 radical (unpaired) electrons. The van der Waals surface area contributed by atoms with Crippen LogP contribution in [-0.4, -0.2) is 37.9 Å². The van der Waals surface area contributed by atoms with Crippen LogP contribution in [0, 0.1) is 0 Å². The molecule has 0 saturated carbocycles. The van der Waals surface area contributed by atoms with E-state index in [1.165, 1.54) is 17.9 Å². The van der Waals surface area contributed by atoms with Crippen LogP contribution in [-0.2, 0) is 9.47 Å². The topological polar surface area (TPSA) is 18.5 Å². The van der Waals surface area contributed by atoms with Crippen molar-refractivity contribution < 1.29 is 9.47 Å². The molecule has 60 valence electrons. The third kappa shape index (κ3) is 2.90. The van der Waals surface area contributed by atoms with Crippen LogP contribution in [0.15, 0.2) is 0 Å². The summed E-state index contributed by atoms with van der Waals surface area (Å²) >= 11 is 1.97. The first kappa shape index (κ1) is 8.37. The zero-order valence-corrected chi connectivity index (χ0v) is 7.15. The van der Waals surface area contributed by atoms with Crippen molar-refractivity contribution in [3.8, 4) is 0 Å². The largest absolute Gasteiger partial charge is 0.382 e. The summed E-state index contributed by atoms with van der Waals surface area (Å²) in [5.74, 6) is 2.43. The SMILES string of the molecule is COCCOC1CCSC1. The maximum atomic E-state index is 5.50. The van der Waals surface area contributed by atoms with Crippen LogP contribution in [0.1, 0.15) is 6.42 Å². The predicted octanol–water partition coefficient (Wildman–Crippen LogP) is 1.15. The molecule has 0 aliphatic carbocycles. The zero-order valence-electron chi connectivity index (χ0n) is 6.34. The molecule has 1 aliphatic heterocycles. The summed E-state index contributed by atoms with van der Waals surface area (Å²) in [5, 5.41) is 0. The molecular formula is C7H14O2S. The van der Waals surface area contributed by atoms with E-state index in [2.05, 4.69) is 0 Å². The number of hydrogen-bond donors (Lipinski definition) is 0. The van der Waals surface area contributed by atoms with Crippen molar-refractivity contribution in [2.24, 2.45) is 0 Å². The molecule has 0 bridgehead atoms. The van der Waals surface area contributed by atoms with Gasteiger partial charge < -0.3 is 9.47 Å². The Morgan fingerprint density at radius 3 is 3.00 bits per heavy atom. The Bertz CT molecular complexity index is 81.7. The van der Waals surface area contributed by atoms with Crippen molar-refractivity contribution in [2.45, 2.75) is 12.5 Å². The van der Waals surface area contributed by atoms with E-state index in [0.29, 0.717) is 6.10 Å². The summed E-state index contributed by atoms with van der Waals surface area (Å²) in [6, 6.07) is 0. The lowest BCUT2D eigenvalue weighted by molar-refractivity contribution is 0.0301. The van der Waals surface area contributed by atoms with Gasteiger partial charge in [0, 0.05) is 12.9 Å². The van der Waals surface area contributed by atoms with Gasteiger partial charge in [0.1, 0.15) is 0 Å². The van der Waals surface area contributed by atoms with Crippen LogP contribution in [0.3, 0.4) is 0 Å². The molecule has 0 aromatic rings. The van der Waals surface area contributed by atoms with Crippen LogP contribution in [0.25, 0.3) is 0 Å². The van der Waals surface area contributed by atoms with Gasteiger partial charge in [-0.2, -0.15) is 11.8 Å². The summed E-state index contributed by atoms with van der Waals surface area (Å²) < 4.78 is 10.4. The average Bonchev–Trinajstić information content (AvgIpc) is 2.41. The van der Waals surface area contributed by atoms with E-state index in [4.69, 9.17) is 9.47 Å². The Kier molecular flexibility index (Phi) is 4.18. The van der Waals surface area contributed by atoms with E-state index in [1.807, 2.05) is 11.8 Å². The van der Waals surface area contributed by atoms with E-state index in [0.717, 1.165) is 13.2 Å². The molecule has 10 heavy (non-hydrogen) atoms. The number of rotatable bonds is 4. The molecule has 3 heteroatoms. The average molecular weight is 162 g/mol. The molecule has 1 atom stereocenters. The molecule has 0 aromatic heterocycles. The molecule has 1 rings (SSSR count). The molecule has 1 heterocycles. The number of thioether (sulfide) groups is 1. The summed E-state index contributed by atoms with van der Waals surface area (Å²) in [4.78, 5) is 0. The fourth-order valence-corrected chi connectivity index (χ4v) is 2.06. The van der Waals surface area contributed by atoms with E-state index in [9.17, 15) is 0 Å². The van der Waals surface area contributed by atoms with Gasteiger partial charge in [0.25, 0.3) is 0 Å². The van der Waals surface area contributed by atoms with Crippen molar-refractivity contribution in [2.75, 3.05) is 31.8 Å². The molecule has 0 spiro atoms. The predicted molar refractivity (Wildman–Crippen MR) is 43.6 cm³/mol. The van der Waals surface area contributed by atoms with E-state index < -0.39 is 0 Å². The molecular weight excluding hydrogens is 148 g/mol. The third-order valence-electron chi connectivity index (χ3n) is 1.53. The van der Waals surface area contributed by atoms with Crippen LogP contribution in [0.5, 0.6) is 0 Å². The second kappa shape index (κ2) is 4.99. The van der Waals surface area contributed by atoms with Gasteiger partial charge in [0.05, 0.1) is 19.3 Å². The molecule has 1 saturated heterocycles. The molecule has 0 N–H and O–H groups in total. The smallest absolute Gasteiger partial charge is 0.0704 e. The van der Waals surface area contributed by atoms with Crippen LogP contribution in [0.2, 0.25) is 0 Å². The lowest BCUT2D eigenvalue weighted by atomic mass is 10.3. The Morgan fingerprint density at radius 1 is 1.50 bits per heavy atom. The third-order valence-corrected chi connectivity index (χ3v) is 2.66. The highest BCUT2D eigenvalue weighted by Gasteiger charge is 2.14. The van der Waals surface area contributed by atoms with Gasteiger partial charge in [-0.25, -0.2) is 0 Å². The molecule has 1 aliphatic rings. The summed E-state index contributed by atoms with van der Waals surface area (Å²) in [6.07, 6.45) is 1.72. The Labute approximate surface area is 66.3 Å². The highest BCUT2D eigenvalue weighted by molar-refractivity contribution is 7.99. The first-order valence-electron chi connectivity index (χ1n) is 3.62. The highest BCUT2D eigenvalue weighted by atomic mass is 32.2. The number of hydrogen-bond acceptors (Lipinski definition) is 3. The lowest BCUT2D eigenvalue weighted by Crippen LogP contribution is -2.14. The maximum Gasteiger partial charge on any atom is 0.0704 e. The van der Waals surface area contributed by atoms with Crippen molar-refractivity contribution in [1.82, 2.24) is 0 Å². The van der Waals surface area contributed by atoms with Gasteiger partial charge in [-0.05, 0) is 12.2 Å². The van der Waals surface area contributed by atoms with Crippen molar-refractivity contribution >= 4 is 11.8 Å². The van der Waals surface area contributed by atoms with Crippen LogP contribution in [0.4, 0.5) is 0 Å². The second-order valence-corrected chi connectivity index (χ2v) is 3.50. The van der Waals surface area contributed by atoms with Gasteiger partial charge >= 0.3 is 0 Å². The molecule has 2 nitrogen and oxygen atoms in total. The standard InChI is InChI=1S/C7H14O2S/c1-8-3-4-9-7-2-5-10-6-7/h7H,2-6H2,1H3. The quantitative estimate of drug-likeness (QED) is 0.578.